The molecule has 0 unspecified atom stereocenters. The van der Waals surface area contributed by atoms with Gasteiger partial charge in [0.05, 0.1) is 10.5 Å². The molecule has 14 heavy (non-hydrogen) atoms. The molecule has 7 heteroatoms. The maximum absolute atomic E-state index is 11.0. The molecule has 1 aromatic rings. The highest BCUT2D eigenvalue weighted by Gasteiger charge is 2.13. The molecular formula is C7H5BrN2O4. The van der Waals surface area contributed by atoms with E-state index in [2.05, 4.69) is 15.9 Å². The number of hydrogen-bond acceptors (Lipinski definition) is 4. The van der Waals surface area contributed by atoms with E-state index in [1.54, 1.807) is 0 Å². The Morgan fingerprint density at radius 1 is 1.57 bits per heavy atom. The highest BCUT2D eigenvalue weighted by Crippen LogP contribution is 2.22. The van der Waals surface area contributed by atoms with Crippen molar-refractivity contribution in [3.63, 3.8) is 0 Å². The fraction of sp³-hybridized carbons (Fsp3) is 0. The van der Waals surface area contributed by atoms with Gasteiger partial charge in [-0.1, -0.05) is 0 Å². The maximum atomic E-state index is 11.0. The fourth-order valence-electron chi connectivity index (χ4n) is 0.862. The number of hydrogen-bond donors (Lipinski definition) is 2. The molecule has 6 nitrogen and oxygen atoms in total. The van der Waals surface area contributed by atoms with Gasteiger partial charge in [-0.3, -0.25) is 20.1 Å². The summed E-state index contributed by atoms with van der Waals surface area (Å²) in [6.07, 6.45) is 0. The maximum Gasteiger partial charge on any atom is 0.275 e. The van der Waals surface area contributed by atoms with Crippen molar-refractivity contribution >= 4 is 27.5 Å². The first-order valence-electron chi connectivity index (χ1n) is 3.44. The first-order valence-corrected chi connectivity index (χ1v) is 4.24. The molecule has 0 aliphatic rings. The molecule has 0 aromatic heterocycles. The zero-order valence-electron chi connectivity index (χ0n) is 6.73. The summed E-state index contributed by atoms with van der Waals surface area (Å²) < 4.78 is 0.248. The van der Waals surface area contributed by atoms with Crippen LogP contribution in [0.15, 0.2) is 22.7 Å². The van der Waals surface area contributed by atoms with E-state index in [4.69, 9.17) is 5.21 Å². The van der Waals surface area contributed by atoms with Crippen LogP contribution in [0.1, 0.15) is 10.4 Å². The number of carbonyl (C=O) groups is 1. The number of amides is 1. The summed E-state index contributed by atoms with van der Waals surface area (Å²) in [7, 11) is 0. The van der Waals surface area contributed by atoms with Crippen molar-refractivity contribution in [1.82, 2.24) is 5.48 Å². The van der Waals surface area contributed by atoms with Gasteiger partial charge >= 0.3 is 0 Å². The lowest BCUT2D eigenvalue weighted by Crippen LogP contribution is -2.19. The predicted octanol–water partition coefficient (Wildman–Crippen LogP) is 1.48. The first kappa shape index (κ1) is 10.6. The topological polar surface area (TPSA) is 92.5 Å². The van der Waals surface area contributed by atoms with Gasteiger partial charge in [0, 0.05) is 16.6 Å². The average Bonchev–Trinajstić information content (AvgIpc) is 2.16. The lowest BCUT2D eigenvalue weighted by Gasteiger charge is -2.00. The van der Waals surface area contributed by atoms with Gasteiger partial charge in [-0.2, -0.15) is 0 Å². The number of nitro groups is 1. The van der Waals surface area contributed by atoms with E-state index in [1.165, 1.54) is 23.7 Å². The lowest BCUT2D eigenvalue weighted by atomic mass is 10.2. The molecule has 74 valence electrons. The third kappa shape index (κ3) is 2.06. The van der Waals surface area contributed by atoms with E-state index >= 15 is 0 Å². The highest BCUT2D eigenvalue weighted by atomic mass is 79.9. The molecule has 0 fully saturated rings. The fourth-order valence-corrected chi connectivity index (χ4v) is 1.41. The Morgan fingerprint density at radius 3 is 2.64 bits per heavy atom. The van der Waals surface area contributed by atoms with E-state index in [0.717, 1.165) is 0 Å². The Labute approximate surface area is 86.8 Å². The van der Waals surface area contributed by atoms with Crippen molar-refractivity contribution in [2.75, 3.05) is 0 Å². The van der Waals surface area contributed by atoms with Gasteiger partial charge in [-0.15, -0.1) is 0 Å². The van der Waals surface area contributed by atoms with E-state index < -0.39 is 10.8 Å². The van der Waals surface area contributed by atoms with Crippen molar-refractivity contribution in [3.8, 4) is 0 Å². The molecule has 0 saturated heterocycles. The molecule has 1 amide bonds. The second kappa shape index (κ2) is 4.16. The van der Waals surface area contributed by atoms with E-state index in [1.807, 2.05) is 0 Å². The Bertz CT molecular complexity index is 393. The van der Waals surface area contributed by atoms with Gasteiger partial charge in [0.2, 0.25) is 0 Å². The number of hydroxylamine groups is 1. The van der Waals surface area contributed by atoms with Crippen molar-refractivity contribution < 1.29 is 14.9 Å². The van der Waals surface area contributed by atoms with Gasteiger partial charge in [0.15, 0.2) is 0 Å². The Morgan fingerprint density at radius 2 is 2.21 bits per heavy atom. The van der Waals surface area contributed by atoms with Crippen molar-refractivity contribution in [3.05, 3.63) is 38.3 Å². The number of nitrogens with one attached hydrogen (secondary N) is 1. The minimum absolute atomic E-state index is 0.123. The second-order valence-electron chi connectivity index (χ2n) is 2.36. The van der Waals surface area contributed by atoms with Gasteiger partial charge in [0.1, 0.15) is 0 Å². The number of nitro benzene ring substituents is 1. The molecule has 0 spiro atoms. The van der Waals surface area contributed by atoms with Crippen LogP contribution in [0.5, 0.6) is 0 Å². The van der Waals surface area contributed by atoms with Crippen LogP contribution in [-0.4, -0.2) is 16.0 Å². The monoisotopic (exact) mass is 260 g/mol. The molecule has 0 aliphatic heterocycles. The molecular weight excluding hydrogens is 256 g/mol. The summed E-state index contributed by atoms with van der Waals surface area (Å²) in [6, 6.07) is 3.60. The minimum Gasteiger partial charge on any atom is -0.288 e. The zero-order valence-corrected chi connectivity index (χ0v) is 8.32. The van der Waals surface area contributed by atoms with Crippen LogP contribution in [0.3, 0.4) is 0 Å². The highest BCUT2D eigenvalue weighted by molar-refractivity contribution is 9.10. The number of nitrogens with zero attached hydrogens (tertiary/aromatic N) is 1. The molecule has 1 aromatic carbocycles. The molecule has 0 aliphatic carbocycles. The molecule has 0 radical (unpaired) electrons. The van der Waals surface area contributed by atoms with Gasteiger partial charge in [0.25, 0.3) is 11.6 Å². The van der Waals surface area contributed by atoms with E-state index in [9.17, 15) is 14.9 Å². The Balaban J connectivity index is 3.14. The summed E-state index contributed by atoms with van der Waals surface area (Å²) in [5.41, 5.74) is 1.42. The largest absolute Gasteiger partial charge is 0.288 e. The molecule has 0 atom stereocenters. The van der Waals surface area contributed by atoms with Crippen molar-refractivity contribution in [1.29, 1.82) is 0 Å². The van der Waals surface area contributed by atoms with Crippen LogP contribution in [0.25, 0.3) is 0 Å². The van der Waals surface area contributed by atoms with E-state index in [-0.39, 0.29) is 15.7 Å². The predicted molar refractivity (Wildman–Crippen MR) is 50.0 cm³/mol. The minimum atomic E-state index is -0.730. The van der Waals surface area contributed by atoms with Gasteiger partial charge in [-0.05, 0) is 22.0 Å². The number of benzene rings is 1. The summed E-state index contributed by atoms with van der Waals surface area (Å²) in [6.45, 7) is 0. The normalized spacial score (nSPS) is 9.57. The smallest absolute Gasteiger partial charge is 0.275 e. The second-order valence-corrected chi connectivity index (χ2v) is 3.22. The summed E-state index contributed by atoms with van der Waals surface area (Å²) in [4.78, 5) is 20.7. The molecule has 1 rings (SSSR count). The molecule has 2 N–H and O–H groups in total. The van der Waals surface area contributed by atoms with Crippen LogP contribution < -0.4 is 5.48 Å². The van der Waals surface area contributed by atoms with Crippen LogP contribution >= 0.6 is 15.9 Å². The zero-order chi connectivity index (χ0) is 10.7. The van der Waals surface area contributed by atoms with Crippen LogP contribution in [-0.2, 0) is 0 Å². The van der Waals surface area contributed by atoms with Gasteiger partial charge < -0.3 is 0 Å². The lowest BCUT2D eigenvalue weighted by molar-refractivity contribution is -0.384. The van der Waals surface area contributed by atoms with Crippen molar-refractivity contribution in [2.24, 2.45) is 0 Å². The van der Waals surface area contributed by atoms with Crippen LogP contribution in [0, 0.1) is 10.1 Å². The number of rotatable bonds is 2. The Hall–Kier alpha value is -1.47. The van der Waals surface area contributed by atoms with E-state index in [0.29, 0.717) is 0 Å². The third-order valence-electron chi connectivity index (χ3n) is 1.51. The summed E-state index contributed by atoms with van der Waals surface area (Å²) in [5, 5.41) is 18.7. The molecule has 0 bridgehead atoms. The summed E-state index contributed by atoms with van der Waals surface area (Å²) in [5.74, 6) is -0.730. The molecule has 0 saturated carbocycles. The number of carbonyl (C=O) groups excluding carboxylic acids is 1. The Kier molecular flexibility index (Phi) is 3.15. The van der Waals surface area contributed by atoms with Crippen LogP contribution in [0.4, 0.5) is 5.69 Å². The van der Waals surface area contributed by atoms with Crippen molar-refractivity contribution in [2.45, 2.75) is 0 Å². The molecule has 0 heterocycles. The average molecular weight is 261 g/mol. The SMILES string of the molecule is O=C(NO)c1ccc([N+](=O)[O-])cc1Br. The standard InChI is InChI=1S/C7H5BrN2O4/c8-6-3-4(10(13)14)1-2-5(6)7(11)9-12/h1-3,12H,(H,9,11). The number of halogens is 1. The number of non-ortho nitro benzene ring substituents is 1. The quantitative estimate of drug-likeness (QED) is 0.479. The van der Waals surface area contributed by atoms with Gasteiger partial charge in [-0.25, -0.2) is 5.48 Å². The van der Waals surface area contributed by atoms with Crippen LogP contribution in [0.2, 0.25) is 0 Å². The summed E-state index contributed by atoms with van der Waals surface area (Å²) >= 11 is 2.98. The first-order chi connectivity index (χ1) is 6.56. The third-order valence-corrected chi connectivity index (χ3v) is 2.17.